The van der Waals surface area contributed by atoms with Crippen molar-refractivity contribution in [1.29, 1.82) is 0 Å². The van der Waals surface area contributed by atoms with E-state index < -0.39 is 7.54 Å². The molecule has 224 valence electrons. The molecule has 2 rings (SSSR count). The molecule has 0 spiro atoms. The zero-order valence-electron chi connectivity index (χ0n) is 21.3. The van der Waals surface area contributed by atoms with E-state index in [-0.39, 0.29) is 44.0 Å². The van der Waals surface area contributed by atoms with Gasteiger partial charge < -0.3 is 21.7 Å². The third kappa shape index (κ3) is 61.2. The molecule has 2 nitrogen and oxygen atoms in total. The van der Waals surface area contributed by atoms with E-state index in [1.165, 1.54) is 37.2 Å². The number of unbranched alkanes of at least 4 members (excludes halogenated alkanes) is 2. The lowest BCUT2D eigenvalue weighted by Crippen LogP contribution is -3.00. The van der Waals surface area contributed by atoms with Crippen LogP contribution in [0.25, 0.3) is 0 Å². The number of alkyl halides is 1. The maximum atomic E-state index is 9.67. The summed E-state index contributed by atoms with van der Waals surface area (Å²) in [6, 6.07) is 12.3. The fourth-order valence-corrected chi connectivity index (χ4v) is 2.46. The van der Waals surface area contributed by atoms with Crippen LogP contribution < -0.4 is 30.8 Å². The third-order valence-corrected chi connectivity index (χ3v) is 4.32. The summed E-state index contributed by atoms with van der Waals surface area (Å²) in [6.07, 6.45) is 13.5. The lowest BCUT2D eigenvalue weighted by Gasteiger charge is -1.91. The molecule has 0 aliphatic carbocycles. The number of thioether (sulfide) groups is 1. The minimum atomic E-state index is -3.67. The fourth-order valence-electron chi connectivity index (χ4n) is 2.05. The van der Waals surface area contributed by atoms with E-state index in [9.17, 15) is 12.9 Å². The Bertz CT molecular complexity index is 516. The van der Waals surface area contributed by atoms with Crippen molar-refractivity contribution in [3.63, 3.8) is 0 Å². The summed E-state index contributed by atoms with van der Waals surface area (Å²) in [4.78, 5) is 0. The molecule has 0 saturated carbocycles. The van der Waals surface area contributed by atoms with Crippen molar-refractivity contribution >= 4 is 35.2 Å². The van der Waals surface area contributed by atoms with Crippen LogP contribution in [0.15, 0.2) is 61.2 Å². The van der Waals surface area contributed by atoms with E-state index in [0.717, 1.165) is 18.4 Å². The second kappa shape index (κ2) is 51.9. The van der Waals surface area contributed by atoms with Gasteiger partial charge in [0, 0.05) is 42.4 Å². The molecule has 0 unspecified atom stereocenters. The Labute approximate surface area is 251 Å². The van der Waals surface area contributed by atoms with Gasteiger partial charge >= 0.3 is 7.54 Å². The largest absolute Gasteiger partial charge is 1.00 e. The Kier molecular flexibility index (Phi) is 79.4. The molecule has 2 aromatic rings. The zero-order valence-corrected chi connectivity index (χ0v) is 25.3. The minimum Gasteiger partial charge on any atom is -1.00 e. The summed E-state index contributed by atoms with van der Waals surface area (Å²) in [6.45, 7) is 13.1. The fraction of sp³-hybridized carbons (Fsp3) is 0.630. The van der Waals surface area contributed by atoms with Gasteiger partial charge in [-0.05, 0) is 11.5 Å². The molecule has 0 saturated heterocycles. The molecular weight excluding hydrogens is 631 g/mol. The van der Waals surface area contributed by atoms with Crippen LogP contribution in [0.3, 0.4) is 0 Å². The molecule has 2 heterocycles. The number of pyridine rings is 2. The standard InChI is InChI=1S/2C9H14N.C4H10S.C2H5Br.3CH4.BF3.BrH.FH/c2*1-2-3-7-10-8-5-4-6-9-10;1-3-5-4-2;1-2-3;;;;2-1(3)4;;/h2*4-6,8-9H,2-3,7H2,1H3;3-4H2,1-2H3;2H2,1H3;3*1H4;;2*1H/q2*+1;;;;;;;;/p-2. The van der Waals surface area contributed by atoms with Gasteiger partial charge in [0.1, 0.15) is 13.1 Å². The van der Waals surface area contributed by atoms with Crippen molar-refractivity contribution in [2.45, 2.75) is 95.7 Å². The van der Waals surface area contributed by atoms with Crippen molar-refractivity contribution in [3.05, 3.63) is 61.2 Å². The van der Waals surface area contributed by atoms with Gasteiger partial charge in [-0.25, -0.2) is 9.13 Å². The van der Waals surface area contributed by atoms with Gasteiger partial charge in [-0.15, -0.1) is 0 Å². The average Bonchev–Trinajstić information content (AvgIpc) is 2.79. The molecule has 0 aliphatic heterocycles. The van der Waals surface area contributed by atoms with E-state index in [1.54, 1.807) is 0 Å². The zero-order chi connectivity index (χ0) is 24.9. The quantitative estimate of drug-likeness (QED) is 0.179. The molecule has 37 heavy (non-hydrogen) atoms. The summed E-state index contributed by atoms with van der Waals surface area (Å²) >= 11 is 5.11. The normalized spacial score (nSPS) is 7.59. The number of rotatable bonds is 8. The summed E-state index contributed by atoms with van der Waals surface area (Å²) in [5.41, 5.74) is 0. The number of aromatic nitrogens is 2. The topological polar surface area (TPSA) is 7.76 Å². The Morgan fingerprint density at radius 3 is 1.05 bits per heavy atom. The molecule has 0 aliphatic rings. The van der Waals surface area contributed by atoms with Crippen molar-refractivity contribution in [2.24, 2.45) is 0 Å². The molecule has 0 aromatic carbocycles. The van der Waals surface area contributed by atoms with Crippen LogP contribution in [0, 0.1) is 0 Å². The molecule has 10 heteroatoms. The number of aryl methyl sites for hydroxylation is 2. The Balaban J connectivity index is -0.0000000491. The van der Waals surface area contributed by atoms with E-state index in [2.05, 4.69) is 102 Å². The third-order valence-electron chi connectivity index (χ3n) is 3.50. The maximum absolute atomic E-state index is 9.67. The number of hydrogen-bond acceptors (Lipinski definition) is 1. The van der Waals surface area contributed by atoms with E-state index in [4.69, 9.17) is 0 Å². The smallest absolute Gasteiger partial charge is 0.762 e. The van der Waals surface area contributed by atoms with Crippen LogP contribution in [0.5, 0.6) is 0 Å². The predicted molar refractivity (Wildman–Crippen MR) is 161 cm³/mol. The lowest BCUT2D eigenvalue weighted by atomic mass is 10.3. The monoisotopic (exact) mass is 684 g/mol. The van der Waals surface area contributed by atoms with Gasteiger partial charge in [0.25, 0.3) is 0 Å². The van der Waals surface area contributed by atoms with Gasteiger partial charge in [-0.3, -0.25) is 12.9 Å². The molecule has 0 amide bonds. The summed E-state index contributed by atoms with van der Waals surface area (Å²) in [5.74, 6) is 2.52. The predicted octanol–water partition coefficient (Wildman–Crippen LogP) is 3.51. The van der Waals surface area contributed by atoms with E-state index >= 15 is 0 Å². The molecule has 0 N–H and O–H groups in total. The van der Waals surface area contributed by atoms with Crippen molar-refractivity contribution < 1.29 is 43.8 Å². The van der Waals surface area contributed by atoms with Gasteiger partial charge in [-0.1, -0.05) is 97.8 Å². The van der Waals surface area contributed by atoms with E-state index in [1.807, 2.05) is 30.8 Å². The van der Waals surface area contributed by atoms with Gasteiger partial charge in [0.15, 0.2) is 24.8 Å². The second-order valence-corrected chi connectivity index (χ2v) is 8.91. The first-order valence-electron chi connectivity index (χ1n) is 11.4. The molecule has 0 atom stereocenters. The highest BCUT2D eigenvalue weighted by Gasteiger charge is 2.06. The van der Waals surface area contributed by atoms with Crippen LogP contribution in [-0.4, -0.2) is 24.4 Å². The average molecular weight is 686 g/mol. The Morgan fingerprint density at radius 2 is 0.892 bits per heavy atom. The molecule has 0 fully saturated rings. The van der Waals surface area contributed by atoms with Crippen LogP contribution in [0.2, 0.25) is 0 Å². The minimum absolute atomic E-state index is 0. The molecule has 0 bridgehead atoms. The van der Waals surface area contributed by atoms with Gasteiger partial charge in [-0.2, -0.15) is 11.8 Å². The first-order valence-corrected chi connectivity index (χ1v) is 13.6. The number of halogens is 6. The van der Waals surface area contributed by atoms with Crippen molar-refractivity contribution in [1.82, 2.24) is 0 Å². The SMILES string of the molecule is C.C.C.CCBr.CCCC[n+]1ccccc1.CCCC[n+]1ccccc1.CCSCC.FB(F)F.[Br-].[F-]. The Hall–Kier alpha value is -0.605. The number of nitrogens with zero attached hydrogens (tertiary/aromatic N) is 2. The van der Waals surface area contributed by atoms with Crippen molar-refractivity contribution in [3.8, 4) is 0 Å². The first kappa shape index (κ1) is 56.6. The highest BCUT2D eigenvalue weighted by atomic mass is 79.9. The highest BCUT2D eigenvalue weighted by molar-refractivity contribution is 9.09. The molecule has 0 radical (unpaired) electrons. The Morgan fingerprint density at radius 1 is 0.649 bits per heavy atom. The maximum Gasteiger partial charge on any atom is 0.762 e. The molecular formula is C27H55BBr2F4N2S. The van der Waals surface area contributed by atoms with Crippen molar-refractivity contribution in [2.75, 3.05) is 16.8 Å². The summed E-state index contributed by atoms with van der Waals surface area (Å²) in [5, 5.41) is 1.06. The first-order chi connectivity index (χ1) is 15.4. The summed E-state index contributed by atoms with van der Waals surface area (Å²) in [7, 11) is -3.67. The van der Waals surface area contributed by atoms with Crippen LogP contribution in [-0.2, 0) is 13.1 Å². The summed E-state index contributed by atoms with van der Waals surface area (Å²) < 4.78 is 33.4. The van der Waals surface area contributed by atoms with Crippen LogP contribution in [0.1, 0.15) is 82.6 Å². The number of hydrogen-bond donors (Lipinski definition) is 0. The van der Waals surface area contributed by atoms with E-state index in [0.29, 0.717) is 0 Å². The van der Waals surface area contributed by atoms with Gasteiger partial charge in [0.2, 0.25) is 0 Å². The second-order valence-electron chi connectivity index (χ2n) is 6.23. The van der Waals surface area contributed by atoms with Gasteiger partial charge in [0.05, 0.1) is 0 Å². The van der Waals surface area contributed by atoms with Crippen LogP contribution >= 0.6 is 27.7 Å². The highest BCUT2D eigenvalue weighted by Crippen LogP contribution is 1.93. The molecule has 2 aromatic heterocycles. The van der Waals surface area contributed by atoms with Crippen LogP contribution in [0.4, 0.5) is 12.9 Å². The lowest BCUT2D eigenvalue weighted by molar-refractivity contribution is -0.697.